The maximum atomic E-state index is 13.7. The number of aliphatic hydroxyl groups is 3. The van der Waals surface area contributed by atoms with Gasteiger partial charge in [-0.2, -0.15) is 0 Å². The minimum atomic E-state index is -1.80. The Morgan fingerprint density at radius 1 is 0.946 bits per heavy atom. The third-order valence-electron chi connectivity index (χ3n) is 5.77. The highest BCUT2D eigenvalue weighted by molar-refractivity contribution is 5.94. The van der Waals surface area contributed by atoms with Crippen LogP contribution in [0.15, 0.2) is 33.5 Å². The van der Waals surface area contributed by atoms with E-state index < -0.39 is 81.8 Å². The molecule has 0 amide bonds. The van der Waals surface area contributed by atoms with Gasteiger partial charge in [-0.05, 0) is 25.1 Å². The molecule has 5 unspecified atom stereocenters. The fourth-order valence-corrected chi connectivity index (χ4v) is 3.87. The summed E-state index contributed by atoms with van der Waals surface area (Å²) in [5, 5.41) is 60.4. The van der Waals surface area contributed by atoms with Crippen LogP contribution in [0.25, 0.3) is 22.3 Å². The molecule has 1 aliphatic rings. The number of methoxy groups -OCH3 is 1. The SMILES string of the molecule is COc1cc(O)c2c(=O)c(OC3OC(C)C(O)C(O)C3O)c(-c3ccc(O)c(O)c3)oc2c1OC(C)=O. The normalized spacial score (nSPS) is 23.6. The summed E-state index contributed by atoms with van der Waals surface area (Å²) in [4.78, 5) is 25.4. The first-order chi connectivity index (χ1) is 17.4. The lowest BCUT2D eigenvalue weighted by Gasteiger charge is -2.38. The van der Waals surface area contributed by atoms with Crippen LogP contribution in [0.5, 0.6) is 34.5 Å². The first kappa shape index (κ1) is 26.0. The van der Waals surface area contributed by atoms with Crippen LogP contribution in [0.3, 0.4) is 0 Å². The lowest BCUT2D eigenvalue weighted by Crippen LogP contribution is -2.58. The summed E-state index contributed by atoms with van der Waals surface area (Å²) >= 11 is 0. The van der Waals surface area contributed by atoms with Crippen LogP contribution in [0.4, 0.5) is 0 Å². The van der Waals surface area contributed by atoms with Crippen LogP contribution < -0.4 is 19.6 Å². The second-order valence-corrected chi connectivity index (χ2v) is 8.32. The highest BCUT2D eigenvalue weighted by atomic mass is 16.7. The maximum absolute atomic E-state index is 13.7. The van der Waals surface area contributed by atoms with Gasteiger partial charge in [0.25, 0.3) is 0 Å². The Bertz CT molecular complexity index is 1410. The number of phenols is 3. The lowest BCUT2D eigenvalue weighted by atomic mass is 10.00. The van der Waals surface area contributed by atoms with E-state index >= 15 is 0 Å². The van der Waals surface area contributed by atoms with Gasteiger partial charge in [0.05, 0.1) is 13.2 Å². The molecule has 0 spiro atoms. The van der Waals surface area contributed by atoms with Crippen molar-refractivity contribution in [2.45, 2.75) is 44.6 Å². The summed E-state index contributed by atoms with van der Waals surface area (Å²) in [6.45, 7) is 2.50. The number of hydrogen-bond donors (Lipinski definition) is 6. The van der Waals surface area contributed by atoms with Gasteiger partial charge in [0, 0.05) is 18.6 Å². The van der Waals surface area contributed by atoms with E-state index in [4.69, 9.17) is 23.4 Å². The molecule has 198 valence electrons. The summed E-state index contributed by atoms with van der Waals surface area (Å²) in [5.41, 5.74) is -1.44. The number of hydrogen-bond acceptors (Lipinski definition) is 13. The number of benzene rings is 2. The van der Waals surface area contributed by atoms with Crippen molar-refractivity contribution in [1.82, 2.24) is 0 Å². The first-order valence-electron chi connectivity index (χ1n) is 10.9. The van der Waals surface area contributed by atoms with Gasteiger partial charge in [-0.1, -0.05) is 0 Å². The molecule has 1 aromatic heterocycles. The molecule has 1 aliphatic heterocycles. The molecule has 13 heteroatoms. The molecule has 4 rings (SSSR count). The zero-order chi connectivity index (χ0) is 27.2. The van der Waals surface area contributed by atoms with E-state index in [2.05, 4.69) is 0 Å². The number of aliphatic hydroxyl groups excluding tert-OH is 3. The van der Waals surface area contributed by atoms with Crippen LogP contribution >= 0.6 is 0 Å². The van der Waals surface area contributed by atoms with Gasteiger partial charge >= 0.3 is 5.97 Å². The molecule has 37 heavy (non-hydrogen) atoms. The molecular formula is C24H24O13. The topological polar surface area (TPSA) is 206 Å². The average Bonchev–Trinajstić information content (AvgIpc) is 2.85. The van der Waals surface area contributed by atoms with E-state index in [0.29, 0.717) is 0 Å². The molecule has 2 heterocycles. The third kappa shape index (κ3) is 4.60. The standard InChI is InChI=1S/C24H24O13/c1-8-16(29)18(31)19(32)24(34-8)37-23-17(30)15-13(28)7-14(33-3)21(35-9(2)25)22(15)36-20(23)10-4-5-11(26)12(27)6-10/h4-8,16,18-19,24,26-29,31-32H,1-3H3. The van der Waals surface area contributed by atoms with Crippen molar-refractivity contribution in [2.75, 3.05) is 7.11 Å². The number of phenolic OH excluding ortho intramolecular Hbond substituents is 3. The largest absolute Gasteiger partial charge is 0.507 e. The van der Waals surface area contributed by atoms with Crippen molar-refractivity contribution >= 4 is 16.9 Å². The maximum Gasteiger partial charge on any atom is 0.308 e. The van der Waals surface area contributed by atoms with Crippen LogP contribution in [0, 0.1) is 0 Å². The summed E-state index contributed by atoms with van der Waals surface area (Å²) in [6.07, 6.45) is -7.62. The van der Waals surface area contributed by atoms with Crippen LogP contribution in [-0.2, 0) is 9.53 Å². The van der Waals surface area contributed by atoms with Crippen LogP contribution in [-0.4, -0.2) is 74.4 Å². The van der Waals surface area contributed by atoms with Crippen molar-refractivity contribution in [3.05, 3.63) is 34.5 Å². The van der Waals surface area contributed by atoms with E-state index in [1.165, 1.54) is 20.1 Å². The number of fused-ring (bicyclic) bond motifs is 1. The van der Waals surface area contributed by atoms with Crippen molar-refractivity contribution in [3.63, 3.8) is 0 Å². The predicted octanol–water partition coefficient (Wildman–Crippen LogP) is 0.717. The van der Waals surface area contributed by atoms with Crippen molar-refractivity contribution < 1.29 is 58.8 Å². The highest BCUT2D eigenvalue weighted by Gasteiger charge is 2.44. The second kappa shape index (κ2) is 9.78. The Hall–Kier alpha value is -4.04. The Morgan fingerprint density at radius 3 is 2.27 bits per heavy atom. The highest BCUT2D eigenvalue weighted by Crippen LogP contribution is 2.44. The van der Waals surface area contributed by atoms with Crippen molar-refractivity contribution in [3.8, 4) is 45.8 Å². The van der Waals surface area contributed by atoms with E-state index in [1.807, 2.05) is 0 Å². The summed E-state index contributed by atoms with van der Waals surface area (Å²) in [5.74, 6) is -3.99. The molecule has 0 bridgehead atoms. The average molecular weight is 520 g/mol. The number of aromatic hydroxyl groups is 3. The van der Waals surface area contributed by atoms with Crippen LogP contribution in [0.1, 0.15) is 13.8 Å². The summed E-state index contributed by atoms with van der Waals surface area (Å²) < 4.78 is 27.3. The number of carbonyl (C=O) groups is 1. The smallest absolute Gasteiger partial charge is 0.308 e. The first-order valence-corrected chi connectivity index (χ1v) is 10.9. The Kier molecular flexibility index (Phi) is 6.88. The van der Waals surface area contributed by atoms with Crippen molar-refractivity contribution in [1.29, 1.82) is 0 Å². The zero-order valence-corrected chi connectivity index (χ0v) is 19.7. The summed E-state index contributed by atoms with van der Waals surface area (Å²) in [7, 11) is 1.23. The van der Waals surface area contributed by atoms with E-state index in [0.717, 1.165) is 25.1 Å². The van der Waals surface area contributed by atoms with Gasteiger partial charge in [0.15, 0.2) is 28.6 Å². The van der Waals surface area contributed by atoms with Crippen molar-refractivity contribution in [2.24, 2.45) is 0 Å². The van der Waals surface area contributed by atoms with Crippen LogP contribution in [0.2, 0.25) is 0 Å². The minimum absolute atomic E-state index is 0.0145. The molecule has 1 fully saturated rings. The fraction of sp³-hybridized carbons (Fsp3) is 0.333. The molecule has 5 atom stereocenters. The molecule has 13 nitrogen and oxygen atoms in total. The van der Waals surface area contributed by atoms with Gasteiger partial charge in [-0.25, -0.2) is 0 Å². The Balaban J connectivity index is 2.02. The molecule has 6 N–H and O–H groups in total. The van der Waals surface area contributed by atoms with Gasteiger partial charge in [-0.3, -0.25) is 9.59 Å². The third-order valence-corrected chi connectivity index (χ3v) is 5.77. The summed E-state index contributed by atoms with van der Waals surface area (Å²) in [6, 6.07) is 4.42. The number of carbonyl (C=O) groups excluding carboxylic acids is 1. The molecule has 3 aromatic rings. The Morgan fingerprint density at radius 2 is 1.65 bits per heavy atom. The van der Waals surface area contributed by atoms with Gasteiger partial charge < -0.3 is 54.0 Å². The number of ether oxygens (including phenoxy) is 4. The molecule has 0 aliphatic carbocycles. The number of esters is 1. The van der Waals surface area contributed by atoms with Gasteiger partial charge in [0.2, 0.25) is 23.2 Å². The van der Waals surface area contributed by atoms with E-state index in [9.17, 15) is 40.2 Å². The quantitative estimate of drug-likeness (QED) is 0.156. The van der Waals surface area contributed by atoms with Gasteiger partial charge in [-0.15, -0.1) is 0 Å². The lowest BCUT2D eigenvalue weighted by molar-refractivity contribution is -0.268. The van der Waals surface area contributed by atoms with E-state index in [-0.39, 0.29) is 17.1 Å². The zero-order valence-electron chi connectivity index (χ0n) is 19.7. The second-order valence-electron chi connectivity index (χ2n) is 8.32. The predicted molar refractivity (Wildman–Crippen MR) is 124 cm³/mol. The molecular weight excluding hydrogens is 496 g/mol. The Labute approximate surface area is 208 Å². The minimum Gasteiger partial charge on any atom is -0.507 e. The fourth-order valence-electron chi connectivity index (χ4n) is 3.87. The monoisotopic (exact) mass is 520 g/mol. The van der Waals surface area contributed by atoms with E-state index in [1.54, 1.807) is 0 Å². The number of rotatable bonds is 5. The molecule has 1 saturated heterocycles. The molecule has 0 radical (unpaired) electrons. The molecule has 2 aromatic carbocycles. The van der Waals surface area contributed by atoms with Gasteiger partial charge in [0.1, 0.15) is 29.4 Å². The molecule has 0 saturated carbocycles.